The molecular formula is C16H30ClNO9. The minimum Gasteiger partial charge on any atom is -0.480 e. The van der Waals surface area contributed by atoms with Crippen molar-refractivity contribution in [2.45, 2.75) is 0 Å². The van der Waals surface area contributed by atoms with Crippen LogP contribution in [-0.2, 0) is 38.0 Å². The second-order valence-corrected chi connectivity index (χ2v) is 5.37. The number of halogens is 1. The molecule has 0 aromatic carbocycles. The standard InChI is InChI=1S/C16H30ClNO9/c17-1-3-22-5-7-24-9-11-26-12-10-25-8-6-23-4-2-18-15(19)13-27-14-16(20)21/h1-14H2,(H,18,19)(H,20,21). The SMILES string of the molecule is O=C(O)COCC(=O)NCCOCCOCCOCCOCCOCCCl. The van der Waals surface area contributed by atoms with E-state index in [-0.39, 0.29) is 12.5 Å². The van der Waals surface area contributed by atoms with Gasteiger partial charge >= 0.3 is 5.97 Å². The van der Waals surface area contributed by atoms with Gasteiger partial charge in [0.05, 0.1) is 66.1 Å². The average Bonchev–Trinajstić information content (AvgIpc) is 2.64. The van der Waals surface area contributed by atoms with Gasteiger partial charge in [-0.15, -0.1) is 11.6 Å². The molecule has 0 saturated heterocycles. The topological polar surface area (TPSA) is 122 Å². The predicted molar refractivity (Wildman–Crippen MR) is 96.3 cm³/mol. The maximum atomic E-state index is 11.2. The Morgan fingerprint density at radius 3 is 1.56 bits per heavy atom. The summed E-state index contributed by atoms with van der Waals surface area (Å²) in [5, 5.41) is 10.9. The van der Waals surface area contributed by atoms with Crippen molar-refractivity contribution >= 4 is 23.5 Å². The van der Waals surface area contributed by atoms with Gasteiger partial charge in [-0.3, -0.25) is 4.79 Å². The number of aliphatic carboxylic acids is 1. The summed E-state index contributed by atoms with van der Waals surface area (Å²) in [5.41, 5.74) is 0. The van der Waals surface area contributed by atoms with E-state index >= 15 is 0 Å². The monoisotopic (exact) mass is 415 g/mol. The number of carbonyl (C=O) groups is 2. The van der Waals surface area contributed by atoms with Crippen molar-refractivity contribution in [3.63, 3.8) is 0 Å². The first-order chi connectivity index (χ1) is 13.2. The van der Waals surface area contributed by atoms with Crippen molar-refractivity contribution in [2.75, 3.05) is 91.7 Å². The van der Waals surface area contributed by atoms with E-state index in [1.54, 1.807) is 0 Å². The molecule has 0 aromatic heterocycles. The normalized spacial score (nSPS) is 10.9. The second-order valence-electron chi connectivity index (χ2n) is 4.99. The quantitative estimate of drug-likeness (QED) is 0.189. The minimum absolute atomic E-state index is 0.289. The van der Waals surface area contributed by atoms with Gasteiger partial charge in [-0.2, -0.15) is 0 Å². The lowest BCUT2D eigenvalue weighted by Gasteiger charge is -2.08. The maximum absolute atomic E-state index is 11.2. The van der Waals surface area contributed by atoms with Crippen LogP contribution in [0.4, 0.5) is 0 Å². The van der Waals surface area contributed by atoms with Crippen molar-refractivity contribution in [3.05, 3.63) is 0 Å². The minimum atomic E-state index is -1.12. The summed E-state index contributed by atoms with van der Waals surface area (Å²) in [5.74, 6) is -1.02. The molecule has 0 aromatic rings. The maximum Gasteiger partial charge on any atom is 0.329 e. The molecule has 0 fully saturated rings. The summed E-state index contributed by atoms with van der Waals surface area (Å²) in [7, 11) is 0. The highest BCUT2D eigenvalue weighted by Gasteiger charge is 2.02. The fourth-order valence-electron chi connectivity index (χ4n) is 1.58. The second kappa shape index (κ2) is 21.3. The third kappa shape index (κ3) is 23.0. The first-order valence-electron chi connectivity index (χ1n) is 8.67. The number of ether oxygens (including phenoxy) is 6. The van der Waals surface area contributed by atoms with E-state index in [9.17, 15) is 9.59 Å². The molecule has 0 aliphatic heterocycles. The van der Waals surface area contributed by atoms with Crippen LogP contribution in [0.5, 0.6) is 0 Å². The zero-order valence-electron chi connectivity index (χ0n) is 15.5. The van der Waals surface area contributed by atoms with Gasteiger partial charge in [-0.1, -0.05) is 0 Å². The number of alkyl halides is 1. The predicted octanol–water partition coefficient (Wildman–Crippen LogP) is -0.474. The molecule has 0 spiro atoms. The highest BCUT2D eigenvalue weighted by atomic mass is 35.5. The van der Waals surface area contributed by atoms with E-state index in [1.807, 2.05) is 0 Å². The molecule has 1 amide bonds. The smallest absolute Gasteiger partial charge is 0.329 e. The lowest BCUT2D eigenvalue weighted by Crippen LogP contribution is -2.31. The van der Waals surface area contributed by atoms with Crippen LogP contribution in [-0.4, -0.2) is 109 Å². The van der Waals surface area contributed by atoms with Crippen LogP contribution in [0.1, 0.15) is 0 Å². The number of amides is 1. The third-order valence-corrected chi connectivity index (χ3v) is 2.89. The number of carboxylic acid groups (broad SMARTS) is 1. The number of hydrogen-bond donors (Lipinski definition) is 2. The Kier molecular flexibility index (Phi) is 20.5. The first-order valence-corrected chi connectivity index (χ1v) is 9.21. The highest BCUT2D eigenvalue weighted by Crippen LogP contribution is 1.84. The van der Waals surface area contributed by atoms with Gasteiger partial charge in [0.1, 0.15) is 13.2 Å². The Hall–Kier alpha value is -1.01. The van der Waals surface area contributed by atoms with Crippen LogP contribution in [0.25, 0.3) is 0 Å². The molecule has 0 radical (unpaired) electrons. The lowest BCUT2D eigenvalue weighted by atomic mass is 10.6. The van der Waals surface area contributed by atoms with E-state index < -0.39 is 12.6 Å². The number of carboxylic acids is 1. The number of nitrogens with one attached hydrogen (secondary N) is 1. The van der Waals surface area contributed by atoms with Crippen molar-refractivity contribution in [1.82, 2.24) is 5.32 Å². The van der Waals surface area contributed by atoms with E-state index in [0.717, 1.165) is 0 Å². The summed E-state index contributed by atoms with van der Waals surface area (Å²) >= 11 is 5.46. The van der Waals surface area contributed by atoms with Gasteiger partial charge in [0.15, 0.2) is 0 Å². The first kappa shape index (κ1) is 26.0. The van der Waals surface area contributed by atoms with Crippen LogP contribution in [0.2, 0.25) is 0 Å². The molecule has 0 unspecified atom stereocenters. The molecule has 0 bridgehead atoms. The molecule has 0 heterocycles. The Morgan fingerprint density at radius 2 is 1.11 bits per heavy atom. The van der Waals surface area contributed by atoms with Gasteiger partial charge in [-0.25, -0.2) is 4.79 Å². The van der Waals surface area contributed by atoms with Crippen molar-refractivity contribution in [1.29, 1.82) is 0 Å². The van der Waals surface area contributed by atoms with Crippen LogP contribution < -0.4 is 5.32 Å². The lowest BCUT2D eigenvalue weighted by molar-refractivity contribution is -0.143. The third-order valence-electron chi connectivity index (χ3n) is 2.74. The molecule has 160 valence electrons. The van der Waals surface area contributed by atoms with Crippen molar-refractivity contribution in [3.8, 4) is 0 Å². The summed E-state index contributed by atoms with van der Waals surface area (Å²) in [6, 6.07) is 0. The van der Waals surface area contributed by atoms with Crippen molar-refractivity contribution < 1.29 is 43.1 Å². The van der Waals surface area contributed by atoms with Crippen LogP contribution in [0.3, 0.4) is 0 Å². The van der Waals surface area contributed by atoms with Crippen LogP contribution in [0, 0.1) is 0 Å². The molecule has 2 N–H and O–H groups in total. The fourth-order valence-corrected chi connectivity index (χ4v) is 1.69. The van der Waals surface area contributed by atoms with Gasteiger partial charge in [0.2, 0.25) is 5.91 Å². The van der Waals surface area contributed by atoms with Gasteiger partial charge in [0.25, 0.3) is 0 Å². The van der Waals surface area contributed by atoms with E-state index in [1.165, 1.54) is 0 Å². The number of hydrogen-bond acceptors (Lipinski definition) is 8. The highest BCUT2D eigenvalue weighted by molar-refractivity contribution is 6.17. The zero-order valence-corrected chi connectivity index (χ0v) is 16.2. The van der Waals surface area contributed by atoms with Gasteiger partial charge in [0, 0.05) is 12.4 Å². The average molecular weight is 416 g/mol. The van der Waals surface area contributed by atoms with E-state index in [2.05, 4.69) is 10.1 Å². The van der Waals surface area contributed by atoms with Crippen molar-refractivity contribution in [2.24, 2.45) is 0 Å². The molecule has 0 rings (SSSR count). The summed E-state index contributed by atoms with van der Waals surface area (Å²) in [6.45, 7) is 4.17. The van der Waals surface area contributed by atoms with Crippen LogP contribution in [0.15, 0.2) is 0 Å². The molecule has 0 aliphatic carbocycles. The molecule has 0 saturated carbocycles. The Bertz CT molecular complexity index is 361. The number of carbonyl (C=O) groups excluding carboxylic acids is 1. The Morgan fingerprint density at radius 1 is 0.667 bits per heavy atom. The molecule has 0 atom stereocenters. The van der Waals surface area contributed by atoms with E-state index in [0.29, 0.717) is 78.5 Å². The molecule has 11 heteroatoms. The zero-order chi connectivity index (χ0) is 20.0. The fraction of sp³-hybridized carbons (Fsp3) is 0.875. The summed E-state index contributed by atoms with van der Waals surface area (Å²) in [4.78, 5) is 21.4. The van der Waals surface area contributed by atoms with E-state index in [4.69, 9.17) is 40.4 Å². The summed E-state index contributed by atoms with van der Waals surface area (Å²) in [6.07, 6.45) is 0. The van der Waals surface area contributed by atoms with Crippen LogP contribution >= 0.6 is 11.6 Å². The molecule has 27 heavy (non-hydrogen) atoms. The Labute approximate surface area is 164 Å². The summed E-state index contributed by atoms with van der Waals surface area (Å²) < 4.78 is 31.0. The Balaban J connectivity index is 3.10. The number of rotatable bonds is 21. The molecule has 0 aliphatic rings. The largest absolute Gasteiger partial charge is 0.480 e. The van der Waals surface area contributed by atoms with Gasteiger partial charge < -0.3 is 38.8 Å². The molecular weight excluding hydrogens is 386 g/mol. The molecule has 10 nitrogen and oxygen atoms in total. The van der Waals surface area contributed by atoms with Gasteiger partial charge in [-0.05, 0) is 0 Å².